The Morgan fingerprint density at radius 1 is 1.18 bits per heavy atom. The molecule has 3 rings (SSSR count). The molecule has 0 aliphatic rings. The third-order valence-corrected chi connectivity index (χ3v) is 3.37. The van der Waals surface area contributed by atoms with Gasteiger partial charge in [-0.3, -0.25) is 0 Å². The number of aryl methyl sites for hydroxylation is 1. The highest BCUT2D eigenvalue weighted by atomic mass is 16.4. The van der Waals surface area contributed by atoms with Gasteiger partial charge in [-0.15, -0.1) is 5.10 Å². The van der Waals surface area contributed by atoms with E-state index in [1.54, 1.807) is 12.1 Å². The molecule has 0 saturated heterocycles. The number of nitrogens with two attached hydrogens (primary N) is 1. The molecule has 0 aliphatic heterocycles. The third kappa shape index (κ3) is 2.39. The van der Waals surface area contributed by atoms with E-state index in [1.807, 2.05) is 25.1 Å². The number of aromatic carboxylic acids is 1. The van der Waals surface area contributed by atoms with Crippen LogP contribution < -0.4 is 5.73 Å². The van der Waals surface area contributed by atoms with Crippen molar-refractivity contribution in [3.8, 4) is 17.1 Å². The highest BCUT2D eigenvalue weighted by Gasteiger charge is 2.12. The van der Waals surface area contributed by atoms with E-state index in [-0.39, 0.29) is 5.56 Å². The molecule has 0 fully saturated rings. The van der Waals surface area contributed by atoms with Crippen molar-refractivity contribution in [1.82, 2.24) is 20.2 Å². The van der Waals surface area contributed by atoms with E-state index in [1.165, 1.54) is 16.8 Å². The second-order valence-corrected chi connectivity index (χ2v) is 4.84. The van der Waals surface area contributed by atoms with Crippen LogP contribution in [0, 0.1) is 6.92 Å². The summed E-state index contributed by atoms with van der Waals surface area (Å²) in [5.74, 6) is -0.440. The fourth-order valence-corrected chi connectivity index (χ4v) is 2.07. The molecular formula is C15H13N5O2. The van der Waals surface area contributed by atoms with Crippen molar-refractivity contribution in [2.45, 2.75) is 6.92 Å². The van der Waals surface area contributed by atoms with Crippen molar-refractivity contribution in [2.75, 3.05) is 5.73 Å². The van der Waals surface area contributed by atoms with Gasteiger partial charge >= 0.3 is 5.97 Å². The zero-order valence-electron chi connectivity index (χ0n) is 11.8. The molecule has 110 valence electrons. The van der Waals surface area contributed by atoms with Gasteiger partial charge in [-0.2, -0.15) is 4.68 Å². The Morgan fingerprint density at radius 2 is 1.91 bits per heavy atom. The molecule has 0 aliphatic carbocycles. The summed E-state index contributed by atoms with van der Waals surface area (Å²) in [4.78, 5) is 10.9. The lowest BCUT2D eigenvalue weighted by Gasteiger charge is -2.07. The summed E-state index contributed by atoms with van der Waals surface area (Å²) in [6.07, 6.45) is 0. The number of carboxylic acids is 1. The Kier molecular flexibility index (Phi) is 3.30. The van der Waals surface area contributed by atoms with Crippen molar-refractivity contribution in [3.63, 3.8) is 0 Å². The van der Waals surface area contributed by atoms with Crippen molar-refractivity contribution in [3.05, 3.63) is 53.6 Å². The fourth-order valence-electron chi connectivity index (χ4n) is 2.07. The summed E-state index contributed by atoms with van der Waals surface area (Å²) < 4.78 is 1.54. The average molecular weight is 295 g/mol. The van der Waals surface area contributed by atoms with Gasteiger partial charge in [0, 0.05) is 11.3 Å². The molecular weight excluding hydrogens is 282 g/mol. The van der Waals surface area contributed by atoms with E-state index >= 15 is 0 Å². The lowest BCUT2D eigenvalue weighted by Crippen LogP contribution is -2.02. The molecule has 0 saturated carbocycles. The number of aromatic nitrogens is 4. The Labute approximate surface area is 126 Å². The number of benzene rings is 2. The number of nitrogens with zero attached hydrogens (tertiary/aromatic N) is 4. The van der Waals surface area contributed by atoms with Crippen LogP contribution in [-0.4, -0.2) is 31.3 Å². The highest BCUT2D eigenvalue weighted by molar-refractivity contribution is 5.87. The van der Waals surface area contributed by atoms with E-state index in [0.29, 0.717) is 17.2 Å². The average Bonchev–Trinajstić information content (AvgIpc) is 2.99. The molecule has 1 heterocycles. The number of carbonyl (C=O) groups is 1. The van der Waals surface area contributed by atoms with Gasteiger partial charge in [0.2, 0.25) is 0 Å². The monoisotopic (exact) mass is 295 g/mol. The smallest absolute Gasteiger partial charge is 0.335 e. The maximum atomic E-state index is 10.9. The molecule has 0 atom stereocenters. The van der Waals surface area contributed by atoms with E-state index < -0.39 is 5.97 Å². The van der Waals surface area contributed by atoms with Crippen LogP contribution in [0.25, 0.3) is 17.1 Å². The van der Waals surface area contributed by atoms with Crippen LogP contribution in [0.3, 0.4) is 0 Å². The first-order valence-electron chi connectivity index (χ1n) is 6.55. The zero-order valence-corrected chi connectivity index (χ0v) is 11.8. The quantitative estimate of drug-likeness (QED) is 0.715. The number of anilines is 1. The molecule has 3 aromatic rings. The van der Waals surface area contributed by atoms with Gasteiger partial charge in [-0.1, -0.05) is 12.1 Å². The van der Waals surface area contributed by atoms with Crippen molar-refractivity contribution in [1.29, 1.82) is 0 Å². The molecule has 0 unspecified atom stereocenters. The minimum Gasteiger partial charge on any atom is -0.478 e. The number of hydrogen-bond acceptors (Lipinski definition) is 5. The van der Waals surface area contributed by atoms with Gasteiger partial charge in [0.1, 0.15) is 0 Å². The second-order valence-electron chi connectivity index (χ2n) is 4.84. The summed E-state index contributed by atoms with van der Waals surface area (Å²) in [5.41, 5.74) is 9.23. The Bertz CT molecular complexity index is 839. The normalized spacial score (nSPS) is 10.6. The van der Waals surface area contributed by atoms with Crippen LogP contribution in [0.1, 0.15) is 15.9 Å². The Balaban J connectivity index is 2.04. The molecule has 22 heavy (non-hydrogen) atoms. The SMILES string of the molecule is Cc1ccc(-c2nnnn2-c2ccc(C(=O)O)cc2)cc1N. The maximum absolute atomic E-state index is 10.9. The zero-order chi connectivity index (χ0) is 15.7. The maximum Gasteiger partial charge on any atom is 0.335 e. The Hall–Kier alpha value is -3.22. The minimum atomic E-state index is -0.977. The lowest BCUT2D eigenvalue weighted by atomic mass is 10.1. The van der Waals surface area contributed by atoms with E-state index in [9.17, 15) is 4.79 Å². The molecule has 0 amide bonds. The van der Waals surface area contributed by atoms with Gasteiger partial charge in [0.05, 0.1) is 11.3 Å². The van der Waals surface area contributed by atoms with E-state index in [0.717, 1.165) is 11.1 Å². The molecule has 7 heteroatoms. The number of hydrogen-bond donors (Lipinski definition) is 2. The summed E-state index contributed by atoms with van der Waals surface area (Å²) in [7, 11) is 0. The van der Waals surface area contributed by atoms with Gasteiger partial charge in [-0.25, -0.2) is 4.79 Å². The molecule has 0 radical (unpaired) electrons. The lowest BCUT2D eigenvalue weighted by molar-refractivity contribution is 0.0697. The van der Waals surface area contributed by atoms with E-state index in [4.69, 9.17) is 10.8 Å². The minimum absolute atomic E-state index is 0.206. The first kappa shape index (κ1) is 13.7. The molecule has 2 aromatic carbocycles. The summed E-state index contributed by atoms with van der Waals surface area (Å²) in [6, 6.07) is 11.9. The van der Waals surface area contributed by atoms with Crippen LogP contribution in [0.5, 0.6) is 0 Å². The number of carboxylic acid groups (broad SMARTS) is 1. The van der Waals surface area contributed by atoms with Crippen LogP contribution in [0.15, 0.2) is 42.5 Å². The van der Waals surface area contributed by atoms with Gasteiger partial charge in [0.25, 0.3) is 0 Å². The number of rotatable bonds is 3. The van der Waals surface area contributed by atoms with Gasteiger partial charge in [0.15, 0.2) is 5.82 Å². The van der Waals surface area contributed by atoms with Crippen LogP contribution >= 0.6 is 0 Å². The molecule has 3 N–H and O–H groups in total. The predicted molar refractivity (Wildman–Crippen MR) is 80.7 cm³/mol. The van der Waals surface area contributed by atoms with Crippen molar-refractivity contribution in [2.24, 2.45) is 0 Å². The summed E-state index contributed by atoms with van der Waals surface area (Å²) in [6.45, 7) is 1.92. The van der Waals surface area contributed by atoms with Crippen LogP contribution in [0.4, 0.5) is 5.69 Å². The molecule has 0 bridgehead atoms. The molecule has 1 aromatic heterocycles. The first-order valence-corrected chi connectivity index (χ1v) is 6.55. The topological polar surface area (TPSA) is 107 Å². The van der Waals surface area contributed by atoms with Crippen molar-refractivity contribution < 1.29 is 9.90 Å². The van der Waals surface area contributed by atoms with Crippen molar-refractivity contribution >= 4 is 11.7 Å². The largest absolute Gasteiger partial charge is 0.478 e. The van der Waals surface area contributed by atoms with Crippen LogP contribution in [0.2, 0.25) is 0 Å². The molecule has 0 spiro atoms. The fraction of sp³-hybridized carbons (Fsp3) is 0.0667. The van der Waals surface area contributed by atoms with Gasteiger partial charge in [-0.05, 0) is 53.2 Å². The Morgan fingerprint density at radius 3 is 2.55 bits per heavy atom. The summed E-state index contributed by atoms with van der Waals surface area (Å²) in [5, 5.41) is 20.6. The predicted octanol–water partition coefficient (Wildman–Crippen LogP) is 1.92. The highest BCUT2D eigenvalue weighted by Crippen LogP contribution is 2.23. The second kappa shape index (κ2) is 5.28. The van der Waals surface area contributed by atoms with Crippen LogP contribution in [-0.2, 0) is 0 Å². The molecule has 7 nitrogen and oxygen atoms in total. The third-order valence-electron chi connectivity index (χ3n) is 3.37. The number of nitrogen functional groups attached to an aromatic ring is 1. The first-order chi connectivity index (χ1) is 10.6. The van der Waals surface area contributed by atoms with Gasteiger partial charge < -0.3 is 10.8 Å². The van der Waals surface area contributed by atoms with E-state index in [2.05, 4.69) is 15.5 Å². The number of tetrazole rings is 1. The standard InChI is InChI=1S/C15H13N5O2/c1-9-2-3-11(8-13(9)16)14-17-18-19-20(14)12-6-4-10(5-7-12)15(21)22/h2-8H,16H2,1H3,(H,21,22). The summed E-state index contributed by atoms with van der Waals surface area (Å²) >= 11 is 0.